The van der Waals surface area contributed by atoms with E-state index in [1.165, 1.54) is 44.7 Å². The van der Waals surface area contributed by atoms with Crippen molar-refractivity contribution in [3.63, 3.8) is 0 Å². The highest BCUT2D eigenvalue weighted by molar-refractivity contribution is 9.10. The average Bonchev–Trinajstić information content (AvgIpc) is 2.81. The molecule has 11 heteroatoms. The number of carbonyl (C=O) groups excluding carboxylic acids is 3. The first-order chi connectivity index (χ1) is 16.2. The third kappa shape index (κ3) is 7.55. The molecule has 0 fully saturated rings. The van der Waals surface area contributed by atoms with Crippen molar-refractivity contribution in [1.82, 2.24) is 10.7 Å². The van der Waals surface area contributed by atoms with Gasteiger partial charge in [-0.3, -0.25) is 9.59 Å². The van der Waals surface area contributed by atoms with Crippen molar-refractivity contribution >= 4 is 39.9 Å². The first-order valence-corrected chi connectivity index (χ1v) is 10.9. The Bertz CT molecular complexity index is 1060. The molecule has 1 atom stereocenters. The Balaban J connectivity index is 2.07. The maximum Gasteiger partial charge on any atom is 0.343 e. The molecule has 0 bridgehead atoms. The lowest BCUT2D eigenvalue weighted by atomic mass is 10.0. The molecular formula is C23H25BrFN3O6. The SMILES string of the molecule is COC(=O)COc1c(Br)cc(C=NNC(=O)C(NC(=O)c2ccc(F)cc2)C(C)C)cc1OC. The van der Waals surface area contributed by atoms with E-state index in [2.05, 4.69) is 36.5 Å². The van der Waals surface area contributed by atoms with Crippen LogP contribution in [0, 0.1) is 11.7 Å². The summed E-state index contributed by atoms with van der Waals surface area (Å²) in [6.07, 6.45) is 1.38. The second-order valence-electron chi connectivity index (χ2n) is 7.34. The zero-order valence-corrected chi connectivity index (χ0v) is 20.6. The van der Waals surface area contributed by atoms with Crippen molar-refractivity contribution in [2.24, 2.45) is 11.0 Å². The van der Waals surface area contributed by atoms with Crippen molar-refractivity contribution in [2.45, 2.75) is 19.9 Å². The molecule has 2 aromatic carbocycles. The van der Waals surface area contributed by atoms with Crippen LogP contribution in [0.15, 0.2) is 46.0 Å². The number of amides is 2. The maximum absolute atomic E-state index is 13.1. The Morgan fingerprint density at radius 1 is 1.15 bits per heavy atom. The third-order valence-corrected chi connectivity index (χ3v) is 5.13. The molecule has 0 aliphatic carbocycles. The van der Waals surface area contributed by atoms with E-state index in [0.717, 1.165) is 0 Å². The average molecular weight is 538 g/mol. The lowest BCUT2D eigenvalue weighted by Crippen LogP contribution is -2.48. The van der Waals surface area contributed by atoms with Gasteiger partial charge in [0, 0.05) is 5.56 Å². The van der Waals surface area contributed by atoms with Crippen molar-refractivity contribution < 1.29 is 33.0 Å². The summed E-state index contributed by atoms with van der Waals surface area (Å²) in [7, 11) is 2.69. The van der Waals surface area contributed by atoms with Crippen LogP contribution in [0.25, 0.3) is 0 Å². The molecule has 0 spiro atoms. The van der Waals surface area contributed by atoms with Gasteiger partial charge in [0.05, 0.1) is 24.9 Å². The fraction of sp³-hybridized carbons (Fsp3) is 0.304. The predicted octanol–water partition coefficient (Wildman–Crippen LogP) is 3.05. The van der Waals surface area contributed by atoms with E-state index < -0.39 is 29.6 Å². The van der Waals surface area contributed by atoms with E-state index in [0.29, 0.717) is 21.5 Å². The van der Waals surface area contributed by atoms with E-state index in [-0.39, 0.29) is 18.1 Å². The molecule has 2 aromatic rings. The van der Waals surface area contributed by atoms with Gasteiger partial charge in [-0.1, -0.05) is 13.8 Å². The summed E-state index contributed by atoms with van der Waals surface area (Å²) >= 11 is 3.35. The van der Waals surface area contributed by atoms with Crippen LogP contribution in [-0.2, 0) is 14.3 Å². The van der Waals surface area contributed by atoms with Gasteiger partial charge in [0.1, 0.15) is 11.9 Å². The number of benzene rings is 2. The number of ether oxygens (including phenoxy) is 3. The summed E-state index contributed by atoms with van der Waals surface area (Å²) in [6, 6.07) is 7.39. The van der Waals surface area contributed by atoms with Crippen LogP contribution >= 0.6 is 15.9 Å². The van der Waals surface area contributed by atoms with E-state index >= 15 is 0 Å². The molecule has 182 valence electrons. The van der Waals surface area contributed by atoms with Gasteiger partial charge in [0.2, 0.25) is 0 Å². The minimum Gasteiger partial charge on any atom is -0.493 e. The Morgan fingerprint density at radius 3 is 2.41 bits per heavy atom. The highest BCUT2D eigenvalue weighted by atomic mass is 79.9. The maximum atomic E-state index is 13.1. The summed E-state index contributed by atoms with van der Waals surface area (Å²) in [5, 5.41) is 6.59. The summed E-state index contributed by atoms with van der Waals surface area (Å²) in [6.45, 7) is 3.25. The molecule has 0 aliphatic rings. The number of rotatable bonds is 10. The van der Waals surface area contributed by atoms with E-state index in [1.54, 1.807) is 26.0 Å². The largest absolute Gasteiger partial charge is 0.493 e. The van der Waals surface area contributed by atoms with Gasteiger partial charge in [-0.05, 0) is 63.8 Å². The van der Waals surface area contributed by atoms with Gasteiger partial charge in [-0.2, -0.15) is 5.10 Å². The summed E-state index contributed by atoms with van der Waals surface area (Å²) in [4.78, 5) is 36.4. The number of nitrogens with zero attached hydrogens (tertiary/aromatic N) is 1. The first-order valence-electron chi connectivity index (χ1n) is 10.1. The number of hydrogen-bond acceptors (Lipinski definition) is 7. The summed E-state index contributed by atoms with van der Waals surface area (Å²) in [5.41, 5.74) is 3.20. The summed E-state index contributed by atoms with van der Waals surface area (Å²) < 4.78 is 28.8. The van der Waals surface area contributed by atoms with Crippen molar-refractivity contribution in [2.75, 3.05) is 20.8 Å². The Kier molecular flexibility index (Phi) is 9.99. The predicted molar refractivity (Wildman–Crippen MR) is 126 cm³/mol. The molecular weight excluding hydrogens is 513 g/mol. The third-order valence-electron chi connectivity index (χ3n) is 4.54. The minimum absolute atomic E-state index is 0.231. The van der Waals surface area contributed by atoms with Crippen LogP contribution < -0.4 is 20.2 Å². The molecule has 0 heterocycles. The molecule has 0 saturated carbocycles. The van der Waals surface area contributed by atoms with Gasteiger partial charge in [0.25, 0.3) is 11.8 Å². The fourth-order valence-electron chi connectivity index (χ4n) is 2.75. The van der Waals surface area contributed by atoms with Crippen LogP contribution in [0.2, 0.25) is 0 Å². The standard InChI is InChI=1S/C23H25BrFN3O6/c1-13(2)20(27-22(30)15-5-7-16(25)8-6-15)23(31)28-26-11-14-9-17(24)21(18(10-14)32-3)34-12-19(29)33-4/h5-11,13,20H,12H2,1-4H3,(H,27,30)(H,28,31). The highest BCUT2D eigenvalue weighted by Gasteiger charge is 2.24. The molecule has 0 radical (unpaired) electrons. The van der Waals surface area contributed by atoms with Crippen LogP contribution in [0.1, 0.15) is 29.8 Å². The van der Waals surface area contributed by atoms with Crippen LogP contribution in [0.5, 0.6) is 11.5 Å². The Morgan fingerprint density at radius 2 is 1.82 bits per heavy atom. The van der Waals surface area contributed by atoms with Crippen molar-refractivity contribution in [3.8, 4) is 11.5 Å². The minimum atomic E-state index is -0.870. The van der Waals surface area contributed by atoms with Gasteiger partial charge >= 0.3 is 5.97 Å². The smallest absolute Gasteiger partial charge is 0.343 e. The molecule has 2 rings (SSSR count). The zero-order chi connectivity index (χ0) is 25.3. The van der Waals surface area contributed by atoms with Crippen molar-refractivity contribution in [1.29, 1.82) is 0 Å². The number of carbonyl (C=O) groups is 3. The van der Waals surface area contributed by atoms with Crippen LogP contribution in [0.4, 0.5) is 4.39 Å². The monoisotopic (exact) mass is 537 g/mol. The Labute approximate surface area is 204 Å². The number of methoxy groups -OCH3 is 2. The lowest BCUT2D eigenvalue weighted by molar-refractivity contribution is -0.143. The van der Waals surface area contributed by atoms with Gasteiger partial charge in [-0.15, -0.1) is 0 Å². The van der Waals surface area contributed by atoms with Crippen molar-refractivity contribution in [3.05, 3.63) is 57.8 Å². The zero-order valence-electron chi connectivity index (χ0n) is 19.1. The molecule has 0 aromatic heterocycles. The second kappa shape index (κ2) is 12.7. The topological polar surface area (TPSA) is 115 Å². The van der Waals surface area contributed by atoms with Gasteiger partial charge < -0.3 is 19.5 Å². The number of hydrogen-bond donors (Lipinski definition) is 2. The first kappa shape index (κ1) is 26.8. The van der Waals surface area contributed by atoms with E-state index in [4.69, 9.17) is 9.47 Å². The molecule has 9 nitrogen and oxygen atoms in total. The number of hydrazone groups is 1. The van der Waals surface area contributed by atoms with E-state index in [9.17, 15) is 18.8 Å². The molecule has 2 amide bonds. The van der Waals surface area contributed by atoms with Crippen LogP contribution in [0.3, 0.4) is 0 Å². The van der Waals surface area contributed by atoms with Gasteiger partial charge in [0.15, 0.2) is 18.1 Å². The highest BCUT2D eigenvalue weighted by Crippen LogP contribution is 2.36. The summed E-state index contributed by atoms with van der Waals surface area (Å²) in [5.74, 6) is -1.64. The quantitative estimate of drug-likeness (QED) is 0.273. The molecule has 0 aliphatic heterocycles. The van der Waals surface area contributed by atoms with E-state index in [1.807, 2.05) is 0 Å². The molecule has 0 saturated heterocycles. The number of nitrogens with one attached hydrogen (secondary N) is 2. The fourth-order valence-corrected chi connectivity index (χ4v) is 3.32. The second-order valence-corrected chi connectivity index (χ2v) is 8.19. The Hall–Kier alpha value is -3.47. The molecule has 2 N–H and O–H groups in total. The molecule has 34 heavy (non-hydrogen) atoms. The number of esters is 1. The van der Waals surface area contributed by atoms with Gasteiger partial charge in [-0.25, -0.2) is 14.6 Å². The normalized spacial score (nSPS) is 11.7. The van der Waals surface area contributed by atoms with Crippen LogP contribution in [-0.4, -0.2) is 50.9 Å². The lowest BCUT2D eigenvalue weighted by Gasteiger charge is -2.20. The number of halogens is 2. The molecule has 1 unspecified atom stereocenters.